The van der Waals surface area contributed by atoms with Gasteiger partial charge in [-0.05, 0) is 61.0 Å². The lowest BCUT2D eigenvalue weighted by Crippen LogP contribution is -2.38. The summed E-state index contributed by atoms with van der Waals surface area (Å²) in [6, 6.07) is 13.6. The Kier molecular flexibility index (Phi) is 5.82. The summed E-state index contributed by atoms with van der Waals surface area (Å²) in [4.78, 5) is 19.1. The number of fused-ring (bicyclic) bond motifs is 5. The highest BCUT2D eigenvalue weighted by atomic mass is 35.5. The zero-order valence-corrected chi connectivity index (χ0v) is 21.0. The van der Waals surface area contributed by atoms with Crippen molar-refractivity contribution in [2.24, 2.45) is 0 Å². The number of thiophene rings is 1. The van der Waals surface area contributed by atoms with Gasteiger partial charge in [-0.2, -0.15) is 0 Å². The zero-order valence-electron chi connectivity index (χ0n) is 19.5. The van der Waals surface area contributed by atoms with Gasteiger partial charge in [0, 0.05) is 40.8 Å². The van der Waals surface area contributed by atoms with Crippen LogP contribution in [0.4, 0.5) is 19.3 Å². The first-order chi connectivity index (χ1) is 17.4. The van der Waals surface area contributed by atoms with Crippen molar-refractivity contribution in [3.63, 3.8) is 0 Å². The molecule has 6 rings (SSSR count). The number of carbonyl (C=O) groups is 1. The number of likely N-dealkylation sites (N-methyl/N-ethyl adjacent to an activating group) is 1. The molecular formula is C27H23ClF2N4OS. The normalized spacial score (nSPS) is 17.2. The molecular weight excluding hydrogens is 502 g/mol. The molecule has 184 valence electrons. The van der Waals surface area contributed by atoms with Gasteiger partial charge in [0.05, 0.1) is 24.0 Å². The number of carbonyl (C=O) groups excluding carboxylic acids is 1. The fraction of sp³-hybridized carbons (Fsp3) is 0.222. The van der Waals surface area contributed by atoms with E-state index in [4.69, 9.17) is 11.6 Å². The first kappa shape index (κ1) is 23.2. The molecule has 2 aromatic carbocycles. The van der Waals surface area contributed by atoms with Gasteiger partial charge in [-0.15, -0.1) is 11.3 Å². The van der Waals surface area contributed by atoms with Crippen LogP contribution in [-0.4, -0.2) is 34.0 Å². The van der Waals surface area contributed by atoms with Crippen molar-refractivity contribution in [1.82, 2.24) is 14.4 Å². The van der Waals surface area contributed by atoms with Gasteiger partial charge >= 0.3 is 6.03 Å². The van der Waals surface area contributed by atoms with E-state index in [0.717, 1.165) is 53.5 Å². The molecule has 0 saturated heterocycles. The van der Waals surface area contributed by atoms with E-state index in [0.29, 0.717) is 11.6 Å². The second kappa shape index (κ2) is 9.03. The van der Waals surface area contributed by atoms with Crippen LogP contribution in [0.15, 0.2) is 60.8 Å². The van der Waals surface area contributed by atoms with E-state index in [-0.39, 0.29) is 5.69 Å². The van der Waals surface area contributed by atoms with Crippen molar-refractivity contribution in [2.45, 2.75) is 25.6 Å². The summed E-state index contributed by atoms with van der Waals surface area (Å²) in [5.41, 5.74) is 4.09. The number of rotatable bonds is 2. The van der Waals surface area contributed by atoms with Crippen molar-refractivity contribution in [3.8, 4) is 5.00 Å². The fourth-order valence-corrected chi connectivity index (χ4v) is 6.80. The molecule has 2 aliphatic heterocycles. The van der Waals surface area contributed by atoms with Crippen LogP contribution in [0.3, 0.4) is 0 Å². The molecule has 0 bridgehead atoms. The average molecular weight is 525 g/mol. The van der Waals surface area contributed by atoms with E-state index >= 15 is 0 Å². The Hall–Kier alpha value is -3.20. The highest BCUT2D eigenvalue weighted by molar-refractivity contribution is 7.15. The molecule has 36 heavy (non-hydrogen) atoms. The number of nitrogens with one attached hydrogen (secondary N) is 1. The molecule has 0 unspecified atom stereocenters. The molecule has 9 heteroatoms. The third kappa shape index (κ3) is 3.99. The van der Waals surface area contributed by atoms with Gasteiger partial charge in [0.15, 0.2) is 0 Å². The fourth-order valence-electron chi connectivity index (χ4n) is 5.16. The van der Waals surface area contributed by atoms with Crippen LogP contribution in [0, 0.1) is 11.6 Å². The Bertz CT molecular complexity index is 1480. The van der Waals surface area contributed by atoms with Crippen molar-refractivity contribution in [2.75, 3.05) is 18.9 Å². The van der Waals surface area contributed by atoms with Crippen LogP contribution in [0.2, 0.25) is 5.02 Å². The predicted molar refractivity (Wildman–Crippen MR) is 138 cm³/mol. The van der Waals surface area contributed by atoms with Gasteiger partial charge in [-0.25, -0.2) is 13.6 Å². The van der Waals surface area contributed by atoms with Crippen LogP contribution >= 0.6 is 22.9 Å². The van der Waals surface area contributed by atoms with Gasteiger partial charge in [0.1, 0.15) is 16.6 Å². The number of hydrogen-bond acceptors (Lipinski definition) is 3. The quantitative estimate of drug-likeness (QED) is 0.321. The van der Waals surface area contributed by atoms with Gasteiger partial charge < -0.3 is 19.7 Å². The maximum atomic E-state index is 14.5. The lowest BCUT2D eigenvalue weighted by atomic mass is 10.0. The Morgan fingerprint density at radius 1 is 1.08 bits per heavy atom. The summed E-state index contributed by atoms with van der Waals surface area (Å²) >= 11 is 8.12. The summed E-state index contributed by atoms with van der Waals surface area (Å²) in [7, 11) is 2.11. The molecule has 0 fully saturated rings. The number of nitrogens with zero attached hydrogens (tertiary/aromatic N) is 3. The molecule has 0 radical (unpaired) electrons. The number of aromatic nitrogens is 1. The van der Waals surface area contributed by atoms with E-state index in [9.17, 15) is 13.6 Å². The molecule has 0 aliphatic carbocycles. The summed E-state index contributed by atoms with van der Waals surface area (Å²) in [5, 5.41) is 4.35. The Morgan fingerprint density at radius 2 is 1.94 bits per heavy atom. The molecule has 2 aromatic heterocycles. The van der Waals surface area contributed by atoms with E-state index in [1.165, 1.54) is 16.5 Å². The number of hydrogen-bond donors (Lipinski definition) is 1. The van der Waals surface area contributed by atoms with Gasteiger partial charge in [0.2, 0.25) is 0 Å². The monoisotopic (exact) mass is 524 g/mol. The number of benzene rings is 2. The molecule has 5 nitrogen and oxygen atoms in total. The maximum Gasteiger partial charge on any atom is 0.323 e. The van der Waals surface area contributed by atoms with Gasteiger partial charge in [-0.3, -0.25) is 0 Å². The molecule has 2 amide bonds. The van der Waals surface area contributed by atoms with Crippen molar-refractivity contribution in [1.29, 1.82) is 0 Å². The standard InChI is InChI=1S/C27H23ClF2N4OS/c1-32-11-9-19-20-14-34(27(35)31-22-8-7-18(29)13-21(22)30)25(16-4-2-5-17(28)12-16)23-6-3-10-33(23)26(20)36-24(19)15-32/h2-8,10,12-13,25H,9,11,14-15H2,1H3,(H,31,35)/t25-/m0/s1. The molecule has 1 atom stereocenters. The average Bonchev–Trinajstić information content (AvgIpc) is 3.42. The Balaban J connectivity index is 1.50. The lowest BCUT2D eigenvalue weighted by Gasteiger charge is -2.32. The first-order valence-electron chi connectivity index (χ1n) is 11.7. The number of urea groups is 1. The minimum atomic E-state index is -0.822. The second-order valence-corrected chi connectivity index (χ2v) is 10.7. The Morgan fingerprint density at radius 3 is 2.75 bits per heavy atom. The van der Waals surface area contributed by atoms with E-state index in [1.807, 2.05) is 36.5 Å². The predicted octanol–water partition coefficient (Wildman–Crippen LogP) is 6.60. The smallest absolute Gasteiger partial charge is 0.310 e. The van der Waals surface area contributed by atoms with Crippen LogP contribution in [0.25, 0.3) is 5.00 Å². The van der Waals surface area contributed by atoms with Crippen LogP contribution in [-0.2, 0) is 19.5 Å². The first-order valence-corrected chi connectivity index (χ1v) is 12.9. The molecule has 2 aliphatic rings. The molecule has 4 heterocycles. The van der Waals surface area contributed by atoms with Gasteiger partial charge in [-0.1, -0.05) is 23.7 Å². The minimum Gasteiger partial charge on any atom is -0.310 e. The van der Waals surface area contributed by atoms with E-state index in [2.05, 4.69) is 21.8 Å². The summed E-state index contributed by atoms with van der Waals surface area (Å²) in [6.45, 7) is 2.16. The van der Waals surface area contributed by atoms with Crippen molar-refractivity contribution < 1.29 is 13.6 Å². The number of halogens is 3. The minimum absolute atomic E-state index is 0.0694. The third-order valence-corrected chi connectivity index (χ3v) is 8.35. The maximum absolute atomic E-state index is 14.5. The third-order valence-electron chi connectivity index (χ3n) is 6.85. The Labute approximate surface area is 216 Å². The largest absolute Gasteiger partial charge is 0.323 e. The van der Waals surface area contributed by atoms with Crippen LogP contribution in [0.5, 0.6) is 0 Å². The topological polar surface area (TPSA) is 40.5 Å². The van der Waals surface area contributed by atoms with Crippen LogP contribution < -0.4 is 5.32 Å². The highest BCUT2D eigenvalue weighted by Crippen LogP contribution is 2.43. The van der Waals surface area contributed by atoms with E-state index < -0.39 is 23.7 Å². The van der Waals surface area contributed by atoms with E-state index in [1.54, 1.807) is 22.3 Å². The summed E-state index contributed by atoms with van der Waals surface area (Å²) < 4.78 is 30.1. The molecule has 4 aromatic rings. The van der Waals surface area contributed by atoms with Crippen LogP contribution in [0.1, 0.15) is 33.3 Å². The molecule has 1 N–H and O–H groups in total. The summed E-state index contributed by atoms with van der Waals surface area (Å²) in [5.74, 6) is -1.52. The van der Waals surface area contributed by atoms with Crippen molar-refractivity contribution >= 4 is 34.7 Å². The number of anilines is 1. The van der Waals surface area contributed by atoms with Crippen molar-refractivity contribution in [3.05, 3.63) is 105 Å². The lowest BCUT2D eigenvalue weighted by molar-refractivity contribution is 0.194. The summed E-state index contributed by atoms with van der Waals surface area (Å²) in [6.07, 6.45) is 2.93. The molecule has 0 spiro atoms. The highest BCUT2D eigenvalue weighted by Gasteiger charge is 2.36. The van der Waals surface area contributed by atoms with Gasteiger partial charge in [0.25, 0.3) is 0 Å². The number of amides is 2. The molecule has 0 saturated carbocycles. The second-order valence-electron chi connectivity index (χ2n) is 9.22. The zero-order chi connectivity index (χ0) is 25.0. The SMILES string of the molecule is CN1CCc2c(sc3c2CN(C(=O)Nc2ccc(F)cc2F)[C@@H](c2cccc(Cl)c2)c2cccn2-3)C1.